The summed E-state index contributed by atoms with van der Waals surface area (Å²) in [5.41, 5.74) is 8.07. The van der Waals surface area contributed by atoms with Gasteiger partial charge in [0, 0.05) is 15.2 Å². The first-order valence-electron chi connectivity index (χ1n) is 10.2. The zero-order valence-electron chi connectivity index (χ0n) is 17.6. The third-order valence-corrected chi connectivity index (χ3v) is 6.69. The number of hydrogen-bond donors (Lipinski definition) is 2. The molecule has 0 radical (unpaired) electrons. The summed E-state index contributed by atoms with van der Waals surface area (Å²) in [7, 11) is 0. The maximum absolute atomic E-state index is 4.87. The molecule has 0 N–H and O–H groups in total. The molecule has 0 aliphatic carbocycles. The minimum atomic E-state index is -0.370. The van der Waals surface area contributed by atoms with Gasteiger partial charge in [0.2, 0.25) is 0 Å². The summed E-state index contributed by atoms with van der Waals surface area (Å²) < 4.78 is 0. The van der Waals surface area contributed by atoms with Crippen LogP contribution in [-0.2, 0) is 5.41 Å². The lowest BCUT2D eigenvalue weighted by Crippen LogP contribution is -2.26. The van der Waals surface area contributed by atoms with E-state index in [1.807, 2.05) is 6.07 Å². The van der Waals surface area contributed by atoms with Crippen LogP contribution in [-0.4, -0.2) is 0 Å². The molecule has 0 saturated carbocycles. The number of aryl methyl sites for hydroxylation is 2. The van der Waals surface area contributed by atoms with Crippen molar-refractivity contribution in [2.24, 2.45) is 0 Å². The van der Waals surface area contributed by atoms with E-state index < -0.39 is 0 Å². The molecule has 0 bridgehead atoms. The lowest BCUT2D eigenvalue weighted by Gasteiger charge is -2.34. The molecule has 0 atom stereocenters. The highest BCUT2D eigenvalue weighted by molar-refractivity contribution is 7.80. The minimum Gasteiger partial charge on any atom is -0.143 e. The Labute approximate surface area is 190 Å². The molecule has 0 fully saturated rings. The van der Waals surface area contributed by atoms with E-state index in [1.165, 1.54) is 38.9 Å². The number of thiol groups is 2. The fourth-order valence-corrected chi connectivity index (χ4v) is 5.22. The summed E-state index contributed by atoms with van der Waals surface area (Å²) in [6.45, 7) is 6.48. The normalized spacial score (nSPS) is 11.5. The zero-order valence-corrected chi connectivity index (χ0v) is 19.3. The summed E-state index contributed by atoms with van der Waals surface area (Å²) in [5, 5.41) is 0. The first-order valence-corrected chi connectivity index (χ1v) is 11.0. The fraction of sp³-hybridized carbons (Fsp3) is 0.143. The molecule has 0 nitrogen and oxygen atoms in total. The van der Waals surface area contributed by atoms with Crippen molar-refractivity contribution in [2.75, 3.05) is 0 Å². The van der Waals surface area contributed by atoms with Crippen LogP contribution in [0.1, 0.15) is 34.7 Å². The molecule has 0 spiro atoms. The lowest BCUT2D eigenvalue weighted by molar-refractivity contribution is 0.662. The molecule has 0 amide bonds. The van der Waals surface area contributed by atoms with Gasteiger partial charge in [0.1, 0.15) is 0 Å². The van der Waals surface area contributed by atoms with Gasteiger partial charge in [-0.1, -0.05) is 90.0 Å². The molecule has 0 aliphatic rings. The zero-order chi connectivity index (χ0) is 21.3. The van der Waals surface area contributed by atoms with E-state index in [2.05, 4.69) is 106 Å². The van der Waals surface area contributed by atoms with Gasteiger partial charge in [-0.15, -0.1) is 25.3 Å². The van der Waals surface area contributed by atoms with Crippen LogP contribution in [0.3, 0.4) is 0 Å². The molecule has 0 saturated heterocycles. The molecule has 0 aromatic heterocycles. The fourth-order valence-electron chi connectivity index (χ4n) is 4.21. The molecule has 30 heavy (non-hydrogen) atoms. The van der Waals surface area contributed by atoms with E-state index in [1.54, 1.807) is 0 Å². The quantitative estimate of drug-likeness (QED) is 0.240. The van der Waals surface area contributed by atoms with Crippen LogP contribution in [0.5, 0.6) is 0 Å². The van der Waals surface area contributed by atoms with Gasteiger partial charge < -0.3 is 0 Å². The van der Waals surface area contributed by atoms with Crippen molar-refractivity contribution in [3.8, 4) is 11.1 Å². The minimum absolute atomic E-state index is 0.370. The standard InChI is InChI=1S/C28H26S2/c1-19-9-15-24(26(29)17-19)28(3,25-16-10-20(2)18-27(25)30)23-13-11-22(12-14-23)21-7-5-4-6-8-21/h4-18,29-30H,1-3H3. The highest BCUT2D eigenvalue weighted by Gasteiger charge is 2.34. The molecule has 150 valence electrons. The molecule has 0 aliphatic heterocycles. The first-order chi connectivity index (χ1) is 14.4. The van der Waals surface area contributed by atoms with E-state index in [-0.39, 0.29) is 5.41 Å². The van der Waals surface area contributed by atoms with E-state index in [4.69, 9.17) is 25.3 Å². The maximum atomic E-state index is 4.87. The van der Waals surface area contributed by atoms with E-state index in [9.17, 15) is 0 Å². The Kier molecular flexibility index (Phi) is 5.81. The molecule has 4 aromatic rings. The molecule has 2 heteroatoms. The molecule has 0 unspecified atom stereocenters. The molecular formula is C28H26S2. The van der Waals surface area contributed by atoms with Gasteiger partial charge in [-0.2, -0.15) is 0 Å². The summed E-state index contributed by atoms with van der Waals surface area (Å²) >= 11 is 9.74. The smallest absolute Gasteiger partial charge is 0.0445 e. The van der Waals surface area contributed by atoms with E-state index in [0.29, 0.717) is 0 Å². The number of benzene rings is 4. The highest BCUT2D eigenvalue weighted by Crippen LogP contribution is 2.44. The van der Waals surface area contributed by atoms with Gasteiger partial charge in [0.05, 0.1) is 0 Å². The molecular weight excluding hydrogens is 400 g/mol. The predicted octanol–water partition coefficient (Wildman–Crippen LogP) is 7.90. The Morgan fingerprint density at radius 3 is 1.50 bits per heavy atom. The van der Waals surface area contributed by atoms with Crippen LogP contribution >= 0.6 is 25.3 Å². The Morgan fingerprint density at radius 2 is 1.03 bits per heavy atom. The van der Waals surface area contributed by atoms with Gasteiger partial charge in [0.25, 0.3) is 0 Å². The summed E-state index contributed by atoms with van der Waals surface area (Å²) in [6.07, 6.45) is 0. The van der Waals surface area contributed by atoms with Crippen LogP contribution in [0, 0.1) is 13.8 Å². The summed E-state index contributed by atoms with van der Waals surface area (Å²) in [6, 6.07) is 32.4. The Morgan fingerprint density at radius 1 is 0.567 bits per heavy atom. The van der Waals surface area contributed by atoms with Crippen molar-refractivity contribution in [3.05, 3.63) is 119 Å². The molecule has 4 aromatic carbocycles. The van der Waals surface area contributed by atoms with Gasteiger partial charge in [-0.05, 0) is 60.7 Å². The second-order valence-corrected chi connectivity index (χ2v) is 9.07. The van der Waals surface area contributed by atoms with Gasteiger partial charge in [-0.3, -0.25) is 0 Å². The van der Waals surface area contributed by atoms with Crippen molar-refractivity contribution in [3.63, 3.8) is 0 Å². The number of rotatable bonds is 4. The SMILES string of the molecule is Cc1ccc(C(C)(c2ccc(-c3ccccc3)cc2)c2ccc(C)cc2S)c(S)c1. The van der Waals surface area contributed by atoms with Crippen LogP contribution in [0.25, 0.3) is 11.1 Å². The topological polar surface area (TPSA) is 0 Å². The first kappa shape index (κ1) is 20.8. The van der Waals surface area contributed by atoms with Crippen molar-refractivity contribution < 1.29 is 0 Å². The second kappa shape index (κ2) is 8.37. The summed E-state index contributed by atoms with van der Waals surface area (Å²) in [5.74, 6) is 0. The lowest BCUT2D eigenvalue weighted by atomic mass is 9.70. The predicted molar refractivity (Wildman–Crippen MR) is 134 cm³/mol. The molecule has 0 heterocycles. The average Bonchev–Trinajstić information content (AvgIpc) is 2.74. The van der Waals surface area contributed by atoms with Crippen molar-refractivity contribution >= 4 is 25.3 Å². The van der Waals surface area contributed by atoms with Crippen molar-refractivity contribution in [1.29, 1.82) is 0 Å². The van der Waals surface area contributed by atoms with Crippen LogP contribution in [0.15, 0.2) is 101 Å². The molecule has 4 rings (SSSR count). The third kappa shape index (κ3) is 3.82. The Balaban J connectivity index is 1.91. The van der Waals surface area contributed by atoms with Crippen LogP contribution in [0.2, 0.25) is 0 Å². The Bertz CT molecular complexity index is 1120. The Hall–Kier alpha value is -2.42. The van der Waals surface area contributed by atoms with E-state index >= 15 is 0 Å². The maximum Gasteiger partial charge on any atom is 0.0445 e. The van der Waals surface area contributed by atoms with Gasteiger partial charge >= 0.3 is 0 Å². The average molecular weight is 427 g/mol. The van der Waals surface area contributed by atoms with E-state index in [0.717, 1.165) is 9.79 Å². The van der Waals surface area contributed by atoms with Crippen molar-refractivity contribution in [1.82, 2.24) is 0 Å². The monoisotopic (exact) mass is 426 g/mol. The second-order valence-electron chi connectivity index (χ2n) is 8.11. The van der Waals surface area contributed by atoms with Crippen LogP contribution < -0.4 is 0 Å². The largest absolute Gasteiger partial charge is 0.143 e. The number of hydrogen-bond acceptors (Lipinski definition) is 2. The van der Waals surface area contributed by atoms with Crippen LogP contribution in [0.4, 0.5) is 0 Å². The van der Waals surface area contributed by atoms with Gasteiger partial charge in [-0.25, -0.2) is 0 Å². The highest BCUT2D eigenvalue weighted by atomic mass is 32.1. The van der Waals surface area contributed by atoms with Gasteiger partial charge in [0.15, 0.2) is 0 Å². The van der Waals surface area contributed by atoms with Crippen molar-refractivity contribution in [2.45, 2.75) is 36.0 Å². The summed E-state index contributed by atoms with van der Waals surface area (Å²) in [4.78, 5) is 2.00. The third-order valence-electron chi connectivity index (χ3n) is 5.95.